The van der Waals surface area contributed by atoms with E-state index < -0.39 is 0 Å². The van der Waals surface area contributed by atoms with E-state index in [1.165, 1.54) is 18.4 Å². The molecule has 2 unspecified atom stereocenters. The van der Waals surface area contributed by atoms with Gasteiger partial charge in [0.25, 0.3) is 0 Å². The number of benzene rings is 1. The number of carbonyl (C=O) groups excluding carboxylic acids is 1. The molecule has 0 bridgehead atoms. The summed E-state index contributed by atoms with van der Waals surface area (Å²) in [5, 5.41) is 3.38. The number of thiophene rings is 1. The summed E-state index contributed by atoms with van der Waals surface area (Å²) in [5.41, 5.74) is 1.70. The Bertz CT molecular complexity index is 653. The maximum atomic E-state index is 13.2. The van der Waals surface area contributed by atoms with E-state index in [2.05, 4.69) is 5.32 Å². The molecule has 0 radical (unpaired) electrons. The molecule has 0 amide bonds. The van der Waals surface area contributed by atoms with E-state index >= 15 is 0 Å². The van der Waals surface area contributed by atoms with E-state index in [1.807, 2.05) is 18.2 Å². The normalized spacial score (nSPS) is 21.5. The maximum Gasteiger partial charge on any atom is 0.337 e. The van der Waals surface area contributed by atoms with Crippen LogP contribution in [0.3, 0.4) is 0 Å². The zero-order valence-electron chi connectivity index (χ0n) is 12.3. The predicted molar refractivity (Wildman–Crippen MR) is 84.8 cm³/mol. The number of methoxy groups -OCH3 is 1. The lowest BCUT2D eigenvalue weighted by molar-refractivity contribution is 0.0600. The molecule has 3 rings (SSSR count). The zero-order chi connectivity index (χ0) is 15.5. The van der Waals surface area contributed by atoms with Gasteiger partial charge in [0.15, 0.2) is 5.13 Å². The Hall–Kier alpha value is -1.72. The van der Waals surface area contributed by atoms with Gasteiger partial charge in [0.2, 0.25) is 0 Å². The lowest BCUT2D eigenvalue weighted by Gasteiger charge is -2.30. The van der Waals surface area contributed by atoms with Gasteiger partial charge < -0.3 is 10.1 Å². The Labute approximate surface area is 133 Å². The molecular weight excluding hydrogens is 301 g/mol. The highest BCUT2D eigenvalue weighted by Gasteiger charge is 2.25. The van der Waals surface area contributed by atoms with Gasteiger partial charge in [0, 0.05) is 10.9 Å². The molecule has 2 heterocycles. The lowest BCUT2D eigenvalue weighted by Crippen LogP contribution is -2.30. The third kappa shape index (κ3) is 3.20. The predicted octanol–water partition coefficient (Wildman–Crippen LogP) is 3.88. The van der Waals surface area contributed by atoms with Crippen LogP contribution < -0.4 is 5.32 Å². The Morgan fingerprint density at radius 2 is 2.05 bits per heavy atom. The summed E-state index contributed by atoms with van der Waals surface area (Å²) in [6, 6.07) is 11.2. The molecule has 1 aliphatic rings. The van der Waals surface area contributed by atoms with E-state index in [1.54, 1.807) is 18.2 Å². The number of carbonyl (C=O) groups is 1. The molecule has 1 fully saturated rings. The van der Waals surface area contributed by atoms with Crippen LogP contribution in [0.4, 0.5) is 4.39 Å². The Morgan fingerprint density at radius 3 is 2.68 bits per heavy atom. The minimum atomic E-state index is -0.324. The fraction of sp³-hybridized carbons (Fsp3) is 0.353. The van der Waals surface area contributed by atoms with Crippen LogP contribution in [0.25, 0.3) is 0 Å². The number of esters is 1. The van der Waals surface area contributed by atoms with Crippen molar-refractivity contribution in [2.75, 3.05) is 13.7 Å². The minimum Gasteiger partial charge on any atom is -0.465 e. The smallest absolute Gasteiger partial charge is 0.337 e. The van der Waals surface area contributed by atoms with Crippen LogP contribution >= 0.6 is 11.3 Å². The number of rotatable bonds is 3. The summed E-state index contributed by atoms with van der Waals surface area (Å²) < 4.78 is 17.9. The van der Waals surface area contributed by atoms with Gasteiger partial charge in [-0.2, -0.15) is 4.39 Å². The Kier molecular flexibility index (Phi) is 4.55. The quantitative estimate of drug-likeness (QED) is 0.873. The second-order valence-electron chi connectivity index (χ2n) is 5.48. The number of nitrogens with one attached hydrogen (secondary N) is 1. The fourth-order valence-corrected chi connectivity index (χ4v) is 3.82. The molecule has 1 aliphatic heterocycles. The molecule has 0 saturated carbocycles. The second kappa shape index (κ2) is 6.58. The van der Waals surface area contributed by atoms with Crippen LogP contribution in [-0.4, -0.2) is 19.6 Å². The summed E-state index contributed by atoms with van der Waals surface area (Å²) in [7, 11) is 1.38. The number of piperidine rings is 1. The van der Waals surface area contributed by atoms with Crippen molar-refractivity contribution in [2.45, 2.75) is 24.8 Å². The van der Waals surface area contributed by atoms with Crippen molar-refractivity contribution in [1.82, 2.24) is 5.32 Å². The molecule has 22 heavy (non-hydrogen) atoms. The van der Waals surface area contributed by atoms with Gasteiger partial charge in [-0.15, -0.1) is 11.3 Å². The first kappa shape index (κ1) is 15.2. The van der Waals surface area contributed by atoms with Gasteiger partial charge in [-0.05, 0) is 55.1 Å². The van der Waals surface area contributed by atoms with Crippen LogP contribution in [0.1, 0.15) is 45.6 Å². The van der Waals surface area contributed by atoms with Crippen molar-refractivity contribution in [1.29, 1.82) is 0 Å². The zero-order valence-corrected chi connectivity index (χ0v) is 13.2. The summed E-state index contributed by atoms with van der Waals surface area (Å²) in [5.74, 6) is 0.0659. The van der Waals surface area contributed by atoms with Gasteiger partial charge >= 0.3 is 5.97 Å². The fourth-order valence-electron chi connectivity index (χ4n) is 2.95. The van der Waals surface area contributed by atoms with Gasteiger partial charge in [-0.25, -0.2) is 4.79 Å². The van der Waals surface area contributed by atoms with Crippen molar-refractivity contribution in [3.8, 4) is 0 Å². The topological polar surface area (TPSA) is 38.3 Å². The van der Waals surface area contributed by atoms with Crippen LogP contribution in [-0.2, 0) is 4.74 Å². The highest BCUT2D eigenvalue weighted by molar-refractivity contribution is 7.10. The van der Waals surface area contributed by atoms with Crippen molar-refractivity contribution in [3.63, 3.8) is 0 Å². The first-order valence-corrected chi connectivity index (χ1v) is 8.16. The average Bonchev–Trinajstić information content (AvgIpc) is 3.01. The monoisotopic (exact) mass is 319 g/mol. The van der Waals surface area contributed by atoms with Crippen LogP contribution in [0.15, 0.2) is 36.4 Å². The number of ether oxygens (including phenoxy) is 1. The molecule has 2 aromatic rings. The summed E-state index contributed by atoms with van der Waals surface area (Å²) in [4.78, 5) is 12.6. The first-order chi connectivity index (χ1) is 10.7. The molecule has 0 aliphatic carbocycles. The number of hydrogen-bond donors (Lipinski definition) is 1. The standard InChI is InChI=1S/C17H18FNO2S/c1-21-17(20)12-4-2-11(3-5-12)14-10-13(8-9-19-14)15-6-7-16(18)22-15/h2-7,13-14,19H,8-10H2,1H3. The third-order valence-corrected chi connectivity index (χ3v) is 5.17. The van der Waals surface area contributed by atoms with Crippen molar-refractivity contribution >= 4 is 17.3 Å². The SMILES string of the molecule is COC(=O)c1ccc(C2CC(c3ccc(F)s3)CCN2)cc1. The Morgan fingerprint density at radius 1 is 1.27 bits per heavy atom. The number of hydrogen-bond acceptors (Lipinski definition) is 4. The number of halogens is 1. The van der Waals surface area contributed by atoms with E-state index in [0.717, 1.165) is 29.8 Å². The molecule has 1 saturated heterocycles. The van der Waals surface area contributed by atoms with Crippen molar-refractivity contribution in [3.05, 3.63) is 57.5 Å². The van der Waals surface area contributed by atoms with E-state index in [0.29, 0.717) is 11.5 Å². The highest BCUT2D eigenvalue weighted by atomic mass is 32.1. The van der Waals surface area contributed by atoms with Crippen LogP contribution in [0, 0.1) is 5.13 Å². The molecule has 1 aromatic heterocycles. The highest BCUT2D eigenvalue weighted by Crippen LogP contribution is 2.37. The lowest BCUT2D eigenvalue weighted by atomic mass is 9.87. The molecule has 3 nitrogen and oxygen atoms in total. The summed E-state index contributed by atoms with van der Waals surface area (Å²) in [6.07, 6.45) is 1.97. The van der Waals surface area contributed by atoms with Gasteiger partial charge in [-0.1, -0.05) is 12.1 Å². The molecule has 116 valence electrons. The van der Waals surface area contributed by atoms with Gasteiger partial charge in [0.05, 0.1) is 12.7 Å². The van der Waals surface area contributed by atoms with E-state index in [-0.39, 0.29) is 17.1 Å². The van der Waals surface area contributed by atoms with E-state index in [9.17, 15) is 9.18 Å². The largest absolute Gasteiger partial charge is 0.465 e. The van der Waals surface area contributed by atoms with Crippen molar-refractivity contribution < 1.29 is 13.9 Å². The van der Waals surface area contributed by atoms with Crippen LogP contribution in [0.2, 0.25) is 0 Å². The van der Waals surface area contributed by atoms with Crippen molar-refractivity contribution in [2.24, 2.45) is 0 Å². The molecule has 1 aromatic carbocycles. The molecule has 0 spiro atoms. The molecule has 5 heteroatoms. The molecular formula is C17H18FNO2S. The van der Waals surface area contributed by atoms with Gasteiger partial charge in [0.1, 0.15) is 0 Å². The third-order valence-electron chi connectivity index (χ3n) is 4.13. The van der Waals surface area contributed by atoms with E-state index in [4.69, 9.17) is 4.74 Å². The average molecular weight is 319 g/mol. The minimum absolute atomic E-state index is 0.118. The summed E-state index contributed by atoms with van der Waals surface area (Å²) >= 11 is 1.25. The molecule has 1 N–H and O–H groups in total. The molecule has 2 atom stereocenters. The summed E-state index contributed by atoms with van der Waals surface area (Å²) in [6.45, 7) is 0.910. The Balaban J connectivity index is 1.73. The van der Waals surface area contributed by atoms with Crippen LogP contribution in [0.5, 0.6) is 0 Å². The maximum absolute atomic E-state index is 13.2. The second-order valence-corrected chi connectivity index (χ2v) is 6.55. The van der Waals surface area contributed by atoms with Gasteiger partial charge in [-0.3, -0.25) is 0 Å². The first-order valence-electron chi connectivity index (χ1n) is 7.34.